The summed E-state index contributed by atoms with van der Waals surface area (Å²) >= 11 is 0. The first-order valence-electron chi connectivity index (χ1n) is 7.43. The van der Waals surface area contributed by atoms with E-state index in [-0.39, 0.29) is 10.8 Å². The summed E-state index contributed by atoms with van der Waals surface area (Å²) in [4.78, 5) is 6.39. The maximum atomic E-state index is 11.5. The summed E-state index contributed by atoms with van der Waals surface area (Å²) in [5.41, 5.74) is 1.94. The number of hydrogen-bond acceptors (Lipinski definition) is 6. The van der Waals surface area contributed by atoms with Gasteiger partial charge in [-0.25, -0.2) is 13.4 Å². The number of pyridine rings is 1. The molecule has 0 saturated carbocycles. The van der Waals surface area contributed by atoms with Crippen molar-refractivity contribution in [3.05, 3.63) is 35.8 Å². The molecule has 124 valence electrons. The fourth-order valence-corrected chi connectivity index (χ4v) is 3.43. The van der Waals surface area contributed by atoms with E-state index < -0.39 is 15.9 Å². The molecule has 23 heavy (non-hydrogen) atoms. The van der Waals surface area contributed by atoms with Crippen LogP contribution in [0.3, 0.4) is 0 Å². The van der Waals surface area contributed by atoms with Gasteiger partial charge in [-0.1, -0.05) is 0 Å². The number of anilines is 1. The van der Waals surface area contributed by atoms with Crippen LogP contribution in [-0.2, 0) is 16.3 Å². The Morgan fingerprint density at radius 1 is 1.39 bits per heavy atom. The van der Waals surface area contributed by atoms with Crippen molar-refractivity contribution in [2.75, 3.05) is 24.2 Å². The standard InChI is InChI=1S/C15H20N4O3S/c1-10-5-12(18-17-10)6-11-8-19(9-14(11)20)15-4-3-13(7-16-15)23(2,21)22/h3-5,7,11,14,20H,6,8-9H2,1-2H3,(H,17,18)/t11-,14-/m1/s1. The third-order valence-electron chi connectivity index (χ3n) is 4.11. The zero-order chi connectivity index (χ0) is 16.6. The number of aryl methyl sites for hydroxylation is 1. The molecule has 2 aromatic rings. The first-order valence-corrected chi connectivity index (χ1v) is 9.32. The van der Waals surface area contributed by atoms with Gasteiger partial charge in [0.15, 0.2) is 9.84 Å². The Bertz CT molecular complexity index is 785. The topological polar surface area (TPSA) is 99.2 Å². The zero-order valence-electron chi connectivity index (χ0n) is 13.1. The van der Waals surface area contributed by atoms with Crippen LogP contribution in [-0.4, -0.2) is 54.2 Å². The molecule has 7 nitrogen and oxygen atoms in total. The molecule has 1 aliphatic heterocycles. The van der Waals surface area contributed by atoms with Gasteiger partial charge >= 0.3 is 0 Å². The van der Waals surface area contributed by atoms with Crippen LogP contribution in [0.2, 0.25) is 0 Å². The molecule has 0 radical (unpaired) electrons. The number of β-amino-alcohol motifs (C(OH)–C–C–N with tert-alkyl or cyclic N) is 1. The monoisotopic (exact) mass is 336 g/mol. The van der Waals surface area contributed by atoms with E-state index in [4.69, 9.17) is 0 Å². The average Bonchev–Trinajstić information content (AvgIpc) is 3.05. The van der Waals surface area contributed by atoms with Crippen LogP contribution in [0.5, 0.6) is 0 Å². The Morgan fingerprint density at radius 2 is 2.17 bits per heavy atom. The summed E-state index contributed by atoms with van der Waals surface area (Å²) in [7, 11) is -3.25. The van der Waals surface area contributed by atoms with Crippen molar-refractivity contribution in [3.63, 3.8) is 0 Å². The van der Waals surface area contributed by atoms with Crippen LogP contribution in [0.25, 0.3) is 0 Å². The predicted octanol–water partition coefficient (Wildman–Crippen LogP) is 0.556. The summed E-state index contributed by atoms with van der Waals surface area (Å²) in [5.74, 6) is 0.756. The van der Waals surface area contributed by atoms with Crippen molar-refractivity contribution in [3.8, 4) is 0 Å². The van der Waals surface area contributed by atoms with E-state index in [2.05, 4.69) is 15.2 Å². The van der Waals surface area contributed by atoms with E-state index >= 15 is 0 Å². The SMILES string of the molecule is Cc1cc(C[C@@H]2CN(c3ccc(S(C)(=O)=O)cn3)C[C@H]2O)n[nH]1. The van der Waals surface area contributed by atoms with Crippen molar-refractivity contribution < 1.29 is 13.5 Å². The third-order valence-corrected chi connectivity index (χ3v) is 5.21. The van der Waals surface area contributed by atoms with Crippen LogP contribution in [0.1, 0.15) is 11.4 Å². The highest BCUT2D eigenvalue weighted by molar-refractivity contribution is 7.90. The molecule has 2 N–H and O–H groups in total. The molecule has 0 bridgehead atoms. The predicted molar refractivity (Wildman–Crippen MR) is 86.1 cm³/mol. The van der Waals surface area contributed by atoms with E-state index in [1.807, 2.05) is 17.9 Å². The van der Waals surface area contributed by atoms with Gasteiger partial charge in [0.1, 0.15) is 5.82 Å². The molecule has 0 unspecified atom stereocenters. The van der Waals surface area contributed by atoms with Crippen molar-refractivity contribution in [2.24, 2.45) is 5.92 Å². The number of aromatic amines is 1. The van der Waals surface area contributed by atoms with Crippen LogP contribution >= 0.6 is 0 Å². The van der Waals surface area contributed by atoms with Crippen LogP contribution in [0, 0.1) is 12.8 Å². The Hall–Kier alpha value is -1.93. The number of aliphatic hydroxyl groups excluding tert-OH is 1. The highest BCUT2D eigenvalue weighted by Gasteiger charge is 2.32. The first kappa shape index (κ1) is 15.9. The highest BCUT2D eigenvalue weighted by atomic mass is 32.2. The lowest BCUT2D eigenvalue weighted by molar-refractivity contribution is 0.148. The van der Waals surface area contributed by atoms with Gasteiger partial charge < -0.3 is 10.0 Å². The van der Waals surface area contributed by atoms with Crippen molar-refractivity contribution >= 4 is 15.7 Å². The van der Waals surface area contributed by atoms with E-state index in [9.17, 15) is 13.5 Å². The van der Waals surface area contributed by atoms with Gasteiger partial charge in [-0.3, -0.25) is 5.10 Å². The second kappa shape index (κ2) is 5.93. The third kappa shape index (κ3) is 3.53. The van der Waals surface area contributed by atoms with Crippen LogP contribution in [0.15, 0.2) is 29.3 Å². The van der Waals surface area contributed by atoms with Crippen molar-refractivity contribution in [1.82, 2.24) is 15.2 Å². The fourth-order valence-electron chi connectivity index (χ4n) is 2.87. The molecule has 1 fully saturated rings. The molecule has 2 atom stereocenters. The van der Waals surface area contributed by atoms with Crippen LogP contribution in [0.4, 0.5) is 5.82 Å². The minimum atomic E-state index is -3.25. The number of aliphatic hydroxyl groups is 1. The van der Waals surface area contributed by atoms with E-state index in [1.54, 1.807) is 12.1 Å². The number of nitrogens with zero attached hydrogens (tertiary/aromatic N) is 3. The summed E-state index contributed by atoms with van der Waals surface area (Å²) < 4.78 is 22.9. The van der Waals surface area contributed by atoms with Gasteiger partial charge in [-0.15, -0.1) is 0 Å². The Morgan fingerprint density at radius 3 is 2.74 bits per heavy atom. The minimum Gasteiger partial charge on any atom is -0.391 e. The van der Waals surface area contributed by atoms with Gasteiger partial charge in [-0.05, 0) is 31.5 Å². The van der Waals surface area contributed by atoms with Gasteiger partial charge in [-0.2, -0.15) is 5.10 Å². The van der Waals surface area contributed by atoms with Gasteiger partial charge in [0.05, 0.1) is 16.7 Å². The minimum absolute atomic E-state index is 0.0779. The van der Waals surface area contributed by atoms with E-state index in [1.165, 1.54) is 6.20 Å². The molecule has 0 spiro atoms. The molecular formula is C15H20N4O3S. The molecule has 3 rings (SSSR count). The number of sulfone groups is 1. The molecule has 1 saturated heterocycles. The lowest BCUT2D eigenvalue weighted by Gasteiger charge is -2.17. The first-order chi connectivity index (χ1) is 10.8. The second-order valence-corrected chi connectivity index (χ2v) is 8.12. The average molecular weight is 336 g/mol. The Balaban J connectivity index is 1.70. The smallest absolute Gasteiger partial charge is 0.177 e. The number of nitrogens with one attached hydrogen (secondary N) is 1. The number of H-pyrrole nitrogens is 1. The zero-order valence-corrected chi connectivity index (χ0v) is 13.9. The van der Waals surface area contributed by atoms with Gasteiger partial charge in [0.2, 0.25) is 0 Å². The second-order valence-electron chi connectivity index (χ2n) is 6.10. The molecule has 0 aromatic carbocycles. The van der Waals surface area contributed by atoms with E-state index in [0.717, 1.165) is 17.6 Å². The highest BCUT2D eigenvalue weighted by Crippen LogP contribution is 2.25. The normalized spacial score (nSPS) is 21.8. The lowest BCUT2D eigenvalue weighted by Crippen LogP contribution is -2.22. The van der Waals surface area contributed by atoms with E-state index in [0.29, 0.717) is 25.3 Å². The summed E-state index contributed by atoms with van der Waals surface area (Å²) in [6.07, 6.45) is 2.76. The van der Waals surface area contributed by atoms with Gasteiger partial charge in [0.25, 0.3) is 0 Å². The lowest BCUT2D eigenvalue weighted by atomic mass is 10.0. The van der Waals surface area contributed by atoms with Gasteiger partial charge in [0, 0.05) is 37.2 Å². The van der Waals surface area contributed by atoms with Crippen LogP contribution < -0.4 is 4.90 Å². The Kier molecular flexibility index (Phi) is 4.11. The Labute approximate surface area is 135 Å². The quantitative estimate of drug-likeness (QED) is 0.846. The summed E-state index contributed by atoms with van der Waals surface area (Å²) in [6, 6.07) is 5.22. The molecule has 3 heterocycles. The molecular weight excluding hydrogens is 316 g/mol. The maximum Gasteiger partial charge on any atom is 0.177 e. The van der Waals surface area contributed by atoms with Crippen molar-refractivity contribution in [1.29, 1.82) is 0 Å². The summed E-state index contributed by atoms with van der Waals surface area (Å²) in [5, 5.41) is 17.4. The summed E-state index contributed by atoms with van der Waals surface area (Å²) in [6.45, 7) is 3.10. The molecule has 2 aromatic heterocycles. The molecule has 0 amide bonds. The van der Waals surface area contributed by atoms with Crippen molar-refractivity contribution in [2.45, 2.75) is 24.3 Å². The fraction of sp³-hybridized carbons (Fsp3) is 0.467. The molecule has 0 aliphatic carbocycles. The number of aromatic nitrogens is 3. The number of hydrogen-bond donors (Lipinski definition) is 2. The largest absolute Gasteiger partial charge is 0.391 e. The maximum absolute atomic E-state index is 11.5. The molecule has 8 heteroatoms. The number of rotatable bonds is 4. The molecule has 1 aliphatic rings.